The fourth-order valence-corrected chi connectivity index (χ4v) is 2.66. The molecule has 1 aromatic heterocycles. The van der Waals surface area contributed by atoms with Gasteiger partial charge in [0.1, 0.15) is 6.54 Å². The van der Waals surface area contributed by atoms with Gasteiger partial charge in [0.25, 0.3) is 5.56 Å². The maximum absolute atomic E-state index is 12.3. The Hall–Kier alpha value is -2.95. The lowest BCUT2D eigenvalue weighted by atomic mass is 10.1. The molecule has 1 amide bonds. The summed E-state index contributed by atoms with van der Waals surface area (Å²) in [5.74, 6) is -0.192. The fourth-order valence-electron chi connectivity index (χ4n) is 2.66. The second kappa shape index (κ2) is 7.08. The second-order valence-electron chi connectivity index (χ2n) is 5.72. The highest BCUT2D eigenvalue weighted by atomic mass is 16.2. The molecule has 0 saturated heterocycles. The summed E-state index contributed by atoms with van der Waals surface area (Å²) in [6.07, 6.45) is 2.19. The molecule has 24 heavy (non-hydrogen) atoms. The molecule has 0 aliphatic heterocycles. The van der Waals surface area contributed by atoms with Gasteiger partial charge in [-0.15, -0.1) is 0 Å². The zero-order chi connectivity index (χ0) is 16.9. The molecule has 3 aromatic rings. The average molecular weight is 321 g/mol. The molecule has 0 fully saturated rings. The Balaban J connectivity index is 1.62. The summed E-state index contributed by atoms with van der Waals surface area (Å²) in [6.45, 7) is 2.57. The first-order valence-corrected chi connectivity index (χ1v) is 7.90. The van der Waals surface area contributed by atoms with E-state index in [4.69, 9.17) is 0 Å². The van der Waals surface area contributed by atoms with E-state index in [2.05, 4.69) is 29.4 Å². The zero-order valence-corrected chi connectivity index (χ0v) is 13.5. The molecular weight excluding hydrogens is 302 g/mol. The van der Waals surface area contributed by atoms with Crippen LogP contribution in [0.4, 0.5) is 0 Å². The van der Waals surface area contributed by atoms with Crippen molar-refractivity contribution < 1.29 is 4.79 Å². The summed E-state index contributed by atoms with van der Waals surface area (Å²) in [5.41, 5.74) is 2.86. The molecule has 0 spiro atoms. The SMILES string of the molecule is Cc1ccccc1CCNC(=O)Cn1cnc2ccccc2c1=O. The van der Waals surface area contributed by atoms with Crippen LogP contribution < -0.4 is 10.9 Å². The van der Waals surface area contributed by atoms with Crippen molar-refractivity contribution in [1.82, 2.24) is 14.9 Å². The van der Waals surface area contributed by atoms with Crippen molar-refractivity contribution in [3.8, 4) is 0 Å². The number of carbonyl (C=O) groups excluding carboxylic acids is 1. The van der Waals surface area contributed by atoms with E-state index >= 15 is 0 Å². The number of aryl methyl sites for hydroxylation is 1. The topological polar surface area (TPSA) is 64.0 Å². The van der Waals surface area contributed by atoms with Crippen molar-refractivity contribution in [2.45, 2.75) is 19.9 Å². The molecule has 0 unspecified atom stereocenters. The molecule has 0 aliphatic rings. The van der Waals surface area contributed by atoms with E-state index in [1.165, 1.54) is 22.0 Å². The first-order chi connectivity index (χ1) is 11.6. The number of hydrogen-bond donors (Lipinski definition) is 1. The molecule has 0 atom stereocenters. The van der Waals surface area contributed by atoms with Crippen molar-refractivity contribution in [3.63, 3.8) is 0 Å². The van der Waals surface area contributed by atoms with Gasteiger partial charge in [-0.3, -0.25) is 14.2 Å². The Morgan fingerprint density at radius 2 is 1.88 bits per heavy atom. The predicted octanol–water partition coefficient (Wildman–Crippen LogP) is 2.06. The lowest BCUT2D eigenvalue weighted by Gasteiger charge is -2.09. The van der Waals surface area contributed by atoms with E-state index in [9.17, 15) is 9.59 Å². The molecular formula is C19H19N3O2. The van der Waals surface area contributed by atoms with Gasteiger partial charge in [-0.05, 0) is 36.6 Å². The summed E-state index contributed by atoms with van der Waals surface area (Å²) < 4.78 is 1.34. The van der Waals surface area contributed by atoms with Gasteiger partial charge >= 0.3 is 0 Å². The summed E-state index contributed by atoms with van der Waals surface area (Å²) in [4.78, 5) is 28.6. The summed E-state index contributed by atoms with van der Waals surface area (Å²) >= 11 is 0. The third-order valence-corrected chi connectivity index (χ3v) is 4.02. The Morgan fingerprint density at radius 1 is 1.12 bits per heavy atom. The molecule has 5 heteroatoms. The van der Waals surface area contributed by atoms with Gasteiger partial charge in [0.05, 0.1) is 17.2 Å². The summed E-state index contributed by atoms with van der Waals surface area (Å²) in [5, 5.41) is 3.38. The molecule has 0 saturated carbocycles. The predicted molar refractivity (Wildman–Crippen MR) is 93.9 cm³/mol. The van der Waals surface area contributed by atoms with E-state index in [-0.39, 0.29) is 18.0 Å². The molecule has 0 radical (unpaired) electrons. The van der Waals surface area contributed by atoms with Crippen molar-refractivity contribution >= 4 is 16.8 Å². The monoisotopic (exact) mass is 321 g/mol. The minimum atomic E-state index is -0.199. The van der Waals surface area contributed by atoms with Gasteiger partial charge in [0, 0.05) is 6.54 Å². The Labute approximate surface area is 140 Å². The van der Waals surface area contributed by atoms with E-state index in [1.807, 2.05) is 18.2 Å². The Kier molecular flexibility index (Phi) is 4.70. The number of nitrogens with one attached hydrogen (secondary N) is 1. The molecule has 1 heterocycles. The largest absolute Gasteiger partial charge is 0.354 e. The van der Waals surface area contributed by atoms with Crippen LogP contribution in [0.25, 0.3) is 10.9 Å². The van der Waals surface area contributed by atoms with Crippen LogP contribution in [-0.4, -0.2) is 22.0 Å². The molecule has 1 N–H and O–H groups in total. The van der Waals surface area contributed by atoms with Gasteiger partial charge in [0.15, 0.2) is 0 Å². The first-order valence-electron chi connectivity index (χ1n) is 7.90. The van der Waals surface area contributed by atoms with E-state index in [0.717, 1.165) is 6.42 Å². The molecule has 2 aromatic carbocycles. The first kappa shape index (κ1) is 15.9. The van der Waals surface area contributed by atoms with Crippen LogP contribution in [0, 0.1) is 6.92 Å². The van der Waals surface area contributed by atoms with Crippen molar-refractivity contribution in [1.29, 1.82) is 0 Å². The third-order valence-electron chi connectivity index (χ3n) is 4.02. The van der Waals surface area contributed by atoms with Crippen LogP contribution in [0.2, 0.25) is 0 Å². The average Bonchev–Trinajstić information content (AvgIpc) is 2.59. The number of rotatable bonds is 5. The van der Waals surface area contributed by atoms with E-state index in [0.29, 0.717) is 17.4 Å². The highest BCUT2D eigenvalue weighted by Gasteiger charge is 2.07. The number of amides is 1. The minimum absolute atomic E-state index is 0.0234. The summed E-state index contributed by atoms with van der Waals surface area (Å²) in [7, 11) is 0. The van der Waals surface area contributed by atoms with Crippen LogP contribution >= 0.6 is 0 Å². The third kappa shape index (κ3) is 3.51. The van der Waals surface area contributed by atoms with Crippen LogP contribution in [-0.2, 0) is 17.8 Å². The number of para-hydroxylation sites is 1. The van der Waals surface area contributed by atoms with Crippen LogP contribution in [0.5, 0.6) is 0 Å². The normalized spacial score (nSPS) is 10.7. The van der Waals surface area contributed by atoms with Crippen molar-refractivity contribution in [2.24, 2.45) is 0 Å². The minimum Gasteiger partial charge on any atom is -0.354 e. The number of nitrogens with zero attached hydrogens (tertiary/aromatic N) is 2. The van der Waals surface area contributed by atoms with Crippen molar-refractivity contribution in [3.05, 3.63) is 76.3 Å². The standard InChI is InChI=1S/C19H19N3O2/c1-14-6-2-3-7-15(14)10-11-20-18(23)12-22-13-21-17-9-5-4-8-16(17)19(22)24/h2-9,13H,10-12H2,1H3,(H,20,23). The summed E-state index contributed by atoms with van der Waals surface area (Å²) in [6, 6.07) is 15.2. The maximum atomic E-state index is 12.3. The zero-order valence-electron chi connectivity index (χ0n) is 13.5. The molecule has 0 aliphatic carbocycles. The lowest BCUT2D eigenvalue weighted by Crippen LogP contribution is -2.33. The lowest BCUT2D eigenvalue weighted by molar-refractivity contribution is -0.121. The van der Waals surface area contributed by atoms with E-state index in [1.54, 1.807) is 18.2 Å². The molecule has 0 bridgehead atoms. The molecule has 5 nitrogen and oxygen atoms in total. The fraction of sp³-hybridized carbons (Fsp3) is 0.211. The van der Waals surface area contributed by atoms with Crippen LogP contribution in [0.15, 0.2) is 59.7 Å². The highest BCUT2D eigenvalue weighted by molar-refractivity contribution is 5.78. The second-order valence-corrected chi connectivity index (χ2v) is 5.72. The maximum Gasteiger partial charge on any atom is 0.261 e. The van der Waals surface area contributed by atoms with E-state index < -0.39 is 0 Å². The van der Waals surface area contributed by atoms with Crippen LogP contribution in [0.1, 0.15) is 11.1 Å². The Morgan fingerprint density at radius 3 is 2.71 bits per heavy atom. The van der Waals surface area contributed by atoms with Gasteiger partial charge < -0.3 is 5.32 Å². The number of aromatic nitrogens is 2. The van der Waals surface area contributed by atoms with Crippen molar-refractivity contribution in [2.75, 3.05) is 6.54 Å². The van der Waals surface area contributed by atoms with Gasteiger partial charge in [-0.25, -0.2) is 4.98 Å². The molecule has 3 rings (SSSR count). The van der Waals surface area contributed by atoms with Crippen LogP contribution in [0.3, 0.4) is 0 Å². The number of carbonyl (C=O) groups is 1. The number of hydrogen-bond acceptors (Lipinski definition) is 3. The van der Waals surface area contributed by atoms with Gasteiger partial charge in [-0.1, -0.05) is 36.4 Å². The number of fused-ring (bicyclic) bond motifs is 1. The number of benzene rings is 2. The molecule has 122 valence electrons. The quantitative estimate of drug-likeness (QED) is 0.782. The van der Waals surface area contributed by atoms with Gasteiger partial charge in [0.2, 0.25) is 5.91 Å². The smallest absolute Gasteiger partial charge is 0.261 e. The Bertz CT molecular complexity index is 931. The highest BCUT2D eigenvalue weighted by Crippen LogP contribution is 2.07. The van der Waals surface area contributed by atoms with Gasteiger partial charge in [-0.2, -0.15) is 0 Å².